The summed E-state index contributed by atoms with van der Waals surface area (Å²) in [5.41, 5.74) is 3.36. The van der Waals surface area contributed by atoms with Crippen LogP contribution in [-0.2, 0) is 16.1 Å². The maximum absolute atomic E-state index is 13.5. The molecule has 1 aliphatic rings. The first-order valence-electron chi connectivity index (χ1n) is 10.3. The number of anilines is 1. The van der Waals surface area contributed by atoms with Crippen molar-refractivity contribution in [2.45, 2.75) is 13.5 Å². The summed E-state index contributed by atoms with van der Waals surface area (Å²) in [5, 5.41) is 3.69. The van der Waals surface area contributed by atoms with Gasteiger partial charge in [0.1, 0.15) is 5.70 Å². The molecule has 2 amide bonds. The Bertz CT molecular complexity index is 1250. The minimum Gasteiger partial charge on any atom is -0.493 e. The summed E-state index contributed by atoms with van der Waals surface area (Å²) in [6.07, 6.45) is 0. The monoisotopic (exact) mass is 462 g/mol. The van der Waals surface area contributed by atoms with E-state index in [9.17, 15) is 9.59 Å². The van der Waals surface area contributed by atoms with Crippen LogP contribution in [0.25, 0.3) is 5.57 Å². The van der Waals surface area contributed by atoms with Crippen molar-refractivity contribution in [1.82, 2.24) is 4.90 Å². The molecule has 3 aromatic rings. The molecule has 168 valence electrons. The Balaban J connectivity index is 1.79. The van der Waals surface area contributed by atoms with E-state index in [2.05, 4.69) is 5.32 Å². The summed E-state index contributed by atoms with van der Waals surface area (Å²) in [5.74, 6) is 0.184. The third kappa shape index (κ3) is 4.43. The van der Waals surface area contributed by atoms with Crippen LogP contribution >= 0.6 is 11.6 Å². The highest BCUT2D eigenvalue weighted by Gasteiger charge is 2.39. The molecular weight excluding hydrogens is 440 g/mol. The van der Waals surface area contributed by atoms with Crippen LogP contribution in [-0.4, -0.2) is 30.9 Å². The normalized spacial score (nSPS) is 13.5. The molecule has 1 aliphatic heterocycles. The first kappa shape index (κ1) is 22.4. The van der Waals surface area contributed by atoms with Crippen molar-refractivity contribution in [2.75, 3.05) is 19.5 Å². The van der Waals surface area contributed by atoms with Gasteiger partial charge in [0.15, 0.2) is 11.5 Å². The van der Waals surface area contributed by atoms with Gasteiger partial charge >= 0.3 is 0 Å². The zero-order valence-corrected chi connectivity index (χ0v) is 19.3. The molecule has 0 fully saturated rings. The second-order valence-corrected chi connectivity index (χ2v) is 8.00. The summed E-state index contributed by atoms with van der Waals surface area (Å²) < 4.78 is 10.7. The van der Waals surface area contributed by atoms with E-state index in [0.29, 0.717) is 27.8 Å². The predicted octanol–water partition coefficient (Wildman–Crippen LogP) is 5.06. The first-order chi connectivity index (χ1) is 15.9. The number of carbonyl (C=O) groups excluding carboxylic acids is 2. The number of benzene rings is 3. The number of nitrogens with one attached hydrogen (secondary N) is 1. The van der Waals surface area contributed by atoms with Gasteiger partial charge < -0.3 is 14.8 Å². The van der Waals surface area contributed by atoms with Crippen LogP contribution in [0.5, 0.6) is 11.5 Å². The number of amides is 2. The molecule has 7 heteroatoms. The van der Waals surface area contributed by atoms with Crippen LogP contribution in [0.1, 0.15) is 16.7 Å². The third-order valence-corrected chi connectivity index (χ3v) is 5.87. The summed E-state index contributed by atoms with van der Waals surface area (Å²) in [6, 6.07) is 19.9. The van der Waals surface area contributed by atoms with Crippen molar-refractivity contribution in [3.05, 3.63) is 94.1 Å². The fourth-order valence-corrected chi connectivity index (χ4v) is 3.86. The van der Waals surface area contributed by atoms with Gasteiger partial charge in [-0.25, -0.2) is 0 Å². The summed E-state index contributed by atoms with van der Waals surface area (Å²) in [7, 11) is 3.06. The summed E-state index contributed by atoms with van der Waals surface area (Å²) in [4.78, 5) is 28.2. The van der Waals surface area contributed by atoms with Crippen molar-refractivity contribution in [1.29, 1.82) is 0 Å². The quantitative estimate of drug-likeness (QED) is 0.497. The topological polar surface area (TPSA) is 67.9 Å². The molecule has 33 heavy (non-hydrogen) atoms. The predicted molar refractivity (Wildman–Crippen MR) is 128 cm³/mol. The number of carbonyl (C=O) groups is 2. The van der Waals surface area contributed by atoms with Crippen molar-refractivity contribution < 1.29 is 19.1 Å². The fraction of sp³-hybridized carbons (Fsp3) is 0.154. The van der Waals surface area contributed by atoms with E-state index >= 15 is 0 Å². The molecule has 0 bridgehead atoms. The lowest BCUT2D eigenvalue weighted by Gasteiger charge is -2.15. The number of rotatable bonds is 7. The lowest BCUT2D eigenvalue weighted by atomic mass is 10.0. The molecular formula is C26H23ClN2O4. The molecule has 0 spiro atoms. The van der Waals surface area contributed by atoms with Crippen LogP contribution in [0.3, 0.4) is 0 Å². The Kier molecular flexibility index (Phi) is 6.38. The van der Waals surface area contributed by atoms with E-state index < -0.39 is 11.8 Å². The van der Waals surface area contributed by atoms with Gasteiger partial charge in [-0.2, -0.15) is 0 Å². The molecule has 0 aliphatic carbocycles. The first-order valence-corrected chi connectivity index (χ1v) is 10.7. The number of hydrogen-bond acceptors (Lipinski definition) is 5. The van der Waals surface area contributed by atoms with Gasteiger partial charge in [-0.15, -0.1) is 0 Å². The zero-order chi connectivity index (χ0) is 23.5. The van der Waals surface area contributed by atoms with E-state index in [1.807, 2.05) is 49.4 Å². The second kappa shape index (κ2) is 9.38. The fourth-order valence-electron chi connectivity index (χ4n) is 3.68. The Hall–Kier alpha value is -3.77. The molecule has 0 unspecified atom stereocenters. The van der Waals surface area contributed by atoms with Crippen LogP contribution in [0, 0.1) is 6.92 Å². The van der Waals surface area contributed by atoms with Gasteiger partial charge in [0.05, 0.1) is 26.3 Å². The maximum atomic E-state index is 13.5. The van der Waals surface area contributed by atoms with E-state index in [1.165, 1.54) is 19.1 Å². The molecule has 0 saturated heterocycles. The van der Waals surface area contributed by atoms with Gasteiger partial charge in [0.2, 0.25) is 0 Å². The number of hydrogen-bond donors (Lipinski definition) is 1. The Morgan fingerprint density at radius 1 is 0.879 bits per heavy atom. The Morgan fingerprint density at radius 3 is 2.27 bits per heavy atom. The Morgan fingerprint density at radius 2 is 1.61 bits per heavy atom. The number of methoxy groups -OCH3 is 2. The average Bonchev–Trinajstić information content (AvgIpc) is 3.05. The molecule has 4 rings (SSSR count). The standard InChI is InChI=1S/C26H23ClN2O4/c1-16-9-11-19(14-20(16)27)28-24-23(18-10-12-21(32-2)22(13-18)33-3)25(30)29(26(24)31)15-17-7-5-4-6-8-17/h4-14,28H,15H2,1-3H3. The van der Waals surface area contributed by atoms with E-state index in [0.717, 1.165) is 11.1 Å². The number of imide groups is 1. The SMILES string of the molecule is COc1ccc(C2=C(Nc3ccc(C)c(Cl)c3)C(=O)N(Cc3ccccc3)C2=O)cc1OC. The molecule has 6 nitrogen and oxygen atoms in total. The number of ether oxygens (including phenoxy) is 2. The molecule has 0 saturated carbocycles. The maximum Gasteiger partial charge on any atom is 0.278 e. The number of halogens is 1. The van der Waals surface area contributed by atoms with Crippen LogP contribution in [0.15, 0.2) is 72.4 Å². The highest BCUT2D eigenvalue weighted by Crippen LogP contribution is 2.36. The largest absolute Gasteiger partial charge is 0.493 e. The highest BCUT2D eigenvalue weighted by molar-refractivity contribution is 6.36. The van der Waals surface area contributed by atoms with Gasteiger partial charge in [-0.1, -0.05) is 54.1 Å². The minimum atomic E-state index is -0.412. The van der Waals surface area contributed by atoms with Crippen molar-refractivity contribution >= 4 is 34.7 Å². The smallest absolute Gasteiger partial charge is 0.278 e. The average molecular weight is 463 g/mol. The molecule has 0 aromatic heterocycles. The summed E-state index contributed by atoms with van der Waals surface area (Å²) in [6.45, 7) is 2.06. The molecule has 0 radical (unpaired) electrons. The molecule has 1 N–H and O–H groups in total. The molecule has 3 aromatic carbocycles. The van der Waals surface area contributed by atoms with Gasteiger partial charge in [-0.3, -0.25) is 14.5 Å². The van der Waals surface area contributed by atoms with Crippen LogP contribution < -0.4 is 14.8 Å². The van der Waals surface area contributed by atoms with E-state index in [4.69, 9.17) is 21.1 Å². The van der Waals surface area contributed by atoms with Crippen molar-refractivity contribution in [3.8, 4) is 11.5 Å². The van der Waals surface area contributed by atoms with Crippen LogP contribution in [0.2, 0.25) is 5.02 Å². The lowest BCUT2D eigenvalue weighted by molar-refractivity contribution is -0.137. The lowest BCUT2D eigenvalue weighted by Crippen LogP contribution is -2.32. The highest BCUT2D eigenvalue weighted by atomic mass is 35.5. The zero-order valence-electron chi connectivity index (χ0n) is 18.5. The van der Waals surface area contributed by atoms with Gasteiger partial charge in [0, 0.05) is 10.7 Å². The van der Waals surface area contributed by atoms with E-state index in [1.54, 1.807) is 24.3 Å². The number of nitrogens with zero attached hydrogens (tertiary/aromatic N) is 1. The van der Waals surface area contributed by atoms with Gasteiger partial charge in [0.25, 0.3) is 11.8 Å². The van der Waals surface area contributed by atoms with Gasteiger partial charge in [-0.05, 0) is 47.9 Å². The van der Waals surface area contributed by atoms with Crippen molar-refractivity contribution in [3.63, 3.8) is 0 Å². The summed E-state index contributed by atoms with van der Waals surface area (Å²) >= 11 is 6.28. The minimum absolute atomic E-state index is 0.162. The third-order valence-electron chi connectivity index (χ3n) is 5.46. The Labute approximate surface area is 197 Å². The number of aryl methyl sites for hydroxylation is 1. The van der Waals surface area contributed by atoms with E-state index in [-0.39, 0.29) is 17.8 Å². The van der Waals surface area contributed by atoms with Crippen LogP contribution in [0.4, 0.5) is 5.69 Å². The molecule has 0 atom stereocenters. The second-order valence-electron chi connectivity index (χ2n) is 7.59. The van der Waals surface area contributed by atoms with Crippen molar-refractivity contribution in [2.24, 2.45) is 0 Å². The molecule has 1 heterocycles.